The molecule has 14 aromatic carbocycles. The third-order valence-electron chi connectivity index (χ3n) is 22.0. The number of benzene rings is 14. The van der Waals surface area contributed by atoms with Crippen LogP contribution in [0.3, 0.4) is 0 Å². The molecule has 14 aromatic rings. The van der Waals surface area contributed by atoms with Gasteiger partial charge in [-0.15, -0.1) is 0 Å². The lowest BCUT2D eigenvalue weighted by Gasteiger charge is -2.34. The van der Waals surface area contributed by atoms with E-state index in [1.165, 1.54) is 167 Å². The van der Waals surface area contributed by atoms with Crippen molar-refractivity contribution in [1.82, 2.24) is 0 Å². The Kier molecular flexibility index (Phi) is 18.5. The van der Waals surface area contributed by atoms with E-state index >= 15 is 0 Å². The Labute approximate surface area is 612 Å². The molecule has 0 aromatic heterocycles. The molecule has 506 valence electrons. The fourth-order valence-corrected chi connectivity index (χ4v) is 18.0. The van der Waals surface area contributed by atoms with Crippen LogP contribution in [0.2, 0.25) is 0 Å². The minimum absolute atomic E-state index is 0.197. The minimum atomic E-state index is -0.197. The van der Waals surface area contributed by atoms with Crippen molar-refractivity contribution in [1.29, 1.82) is 0 Å². The largest absolute Gasteiger partial charge is 0.309 e. The lowest BCUT2D eigenvalue weighted by molar-refractivity contribution is 0.535. The number of rotatable bonds is 16. The third-order valence-corrected chi connectivity index (χ3v) is 22.0. The Morgan fingerprint density at radius 2 is 0.427 bits per heavy atom. The van der Waals surface area contributed by atoms with Crippen molar-refractivity contribution in [2.24, 2.45) is 0 Å². The van der Waals surface area contributed by atoms with Gasteiger partial charge in [0.2, 0.25) is 0 Å². The summed E-state index contributed by atoms with van der Waals surface area (Å²) in [6.45, 7) is 26.8. The van der Waals surface area contributed by atoms with Gasteiger partial charge in [0, 0.05) is 39.0 Å². The molecular formula is C101H92N2. The molecule has 103 heavy (non-hydrogen) atoms. The molecule has 0 spiro atoms. The molecule has 2 nitrogen and oxygen atoms in total. The Balaban J connectivity index is 0.857. The molecule has 0 bridgehead atoms. The summed E-state index contributed by atoms with van der Waals surface area (Å²) < 4.78 is 0. The highest BCUT2D eigenvalue weighted by Crippen LogP contribution is 2.52. The lowest BCUT2D eigenvalue weighted by atomic mass is 9.73. The van der Waals surface area contributed by atoms with Gasteiger partial charge in [-0.1, -0.05) is 253 Å². The summed E-state index contributed by atoms with van der Waals surface area (Å²) in [5.41, 5.74) is 44.1. The molecule has 0 amide bonds. The summed E-state index contributed by atoms with van der Waals surface area (Å²) in [5, 5.41) is 0. The molecule has 0 radical (unpaired) electrons. The normalized spacial score (nSPS) is 12.6. The molecule has 0 atom stereocenters. The van der Waals surface area contributed by atoms with Gasteiger partial charge in [0.15, 0.2) is 0 Å². The molecule has 1 fully saturated rings. The zero-order valence-corrected chi connectivity index (χ0v) is 61.9. The number of nitrogens with zero attached hydrogens (tertiary/aromatic N) is 2. The van der Waals surface area contributed by atoms with Crippen molar-refractivity contribution in [3.8, 4) is 89.0 Å². The van der Waals surface area contributed by atoms with Gasteiger partial charge in [-0.3, -0.25) is 0 Å². The zero-order valence-electron chi connectivity index (χ0n) is 61.9. The van der Waals surface area contributed by atoms with Crippen LogP contribution in [0.15, 0.2) is 291 Å². The molecule has 1 aliphatic carbocycles. The lowest BCUT2D eigenvalue weighted by Crippen LogP contribution is -2.24. The number of hydrogen-bond acceptors (Lipinski definition) is 2. The Morgan fingerprint density at radius 3 is 0.660 bits per heavy atom. The van der Waals surface area contributed by atoms with Gasteiger partial charge in [-0.25, -0.2) is 0 Å². The SMILES string of the molecule is Cc1cc(C)c(-c2cccc(-c3ccccc3N(c3ccc(C4(c5ccc(N(c6ccccc6-c6cccc(-c7c(C)cc(C)cc7C)c6)c6ccccc6-c6cccc(-c7c(C)cc(C)cc7C)c6)cc5)CCCC4)cc3)c3ccccc3-c3cccc(-c4c(C)cc(C)cc4C)c3)c2)c(C)c1. The average Bonchev–Trinajstić information content (AvgIpc) is 1.69. The number of aryl methyl sites for hydroxylation is 12. The molecule has 0 aliphatic heterocycles. The van der Waals surface area contributed by atoms with Crippen LogP contribution in [0, 0.1) is 83.1 Å². The summed E-state index contributed by atoms with van der Waals surface area (Å²) in [5.74, 6) is 0. The highest BCUT2D eigenvalue weighted by molar-refractivity contribution is 5.97. The average molecular weight is 1330 g/mol. The highest BCUT2D eigenvalue weighted by Gasteiger charge is 2.38. The van der Waals surface area contributed by atoms with Gasteiger partial charge < -0.3 is 9.80 Å². The van der Waals surface area contributed by atoms with Crippen LogP contribution in [0.5, 0.6) is 0 Å². The van der Waals surface area contributed by atoms with Crippen molar-refractivity contribution < 1.29 is 0 Å². The molecule has 1 aliphatic rings. The Hall–Kier alpha value is -11.3. The van der Waals surface area contributed by atoms with Gasteiger partial charge >= 0.3 is 0 Å². The third kappa shape index (κ3) is 13.1. The second-order valence-electron chi connectivity index (χ2n) is 29.5. The molecule has 15 rings (SSSR count). The molecule has 1 saturated carbocycles. The van der Waals surface area contributed by atoms with Crippen LogP contribution >= 0.6 is 0 Å². The predicted molar refractivity (Wildman–Crippen MR) is 442 cm³/mol. The van der Waals surface area contributed by atoms with E-state index in [1.807, 2.05) is 0 Å². The topological polar surface area (TPSA) is 6.48 Å². The van der Waals surface area contributed by atoms with Gasteiger partial charge in [-0.2, -0.15) is 0 Å². The van der Waals surface area contributed by atoms with Crippen molar-refractivity contribution in [2.45, 2.75) is 114 Å². The van der Waals surface area contributed by atoms with E-state index in [0.717, 1.165) is 59.8 Å². The molecule has 0 saturated heterocycles. The summed E-state index contributed by atoms with van der Waals surface area (Å²) in [6, 6.07) is 111. The maximum atomic E-state index is 2.53. The van der Waals surface area contributed by atoms with E-state index in [1.54, 1.807) is 0 Å². The number of anilines is 6. The van der Waals surface area contributed by atoms with E-state index in [9.17, 15) is 0 Å². The smallest absolute Gasteiger partial charge is 0.0540 e. The second kappa shape index (κ2) is 28.2. The van der Waals surface area contributed by atoms with Gasteiger partial charge in [0.05, 0.1) is 22.7 Å². The Morgan fingerprint density at radius 1 is 0.214 bits per heavy atom. The maximum absolute atomic E-state index is 2.53. The van der Waals surface area contributed by atoms with Crippen LogP contribution < -0.4 is 9.80 Å². The Bertz CT molecular complexity index is 4820. The van der Waals surface area contributed by atoms with E-state index < -0.39 is 0 Å². The van der Waals surface area contributed by atoms with Crippen molar-refractivity contribution in [3.05, 3.63) is 369 Å². The maximum Gasteiger partial charge on any atom is 0.0540 e. The molecular weight excluding hydrogens is 1240 g/mol. The summed E-state index contributed by atoms with van der Waals surface area (Å²) >= 11 is 0. The van der Waals surface area contributed by atoms with Crippen LogP contribution in [0.1, 0.15) is 104 Å². The van der Waals surface area contributed by atoms with E-state index in [2.05, 4.69) is 384 Å². The predicted octanol–water partition coefficient (Wildman–Crippen LogP) is 28.5. The van der Waals surface area contributed by atoms with E-state index in [-0.39, 0.29) is 5.41 Å². The first-order chi connectivity index (χ1) is 50.0. The standard InChI is InChI=1S/C101H92N2/c1-65-53-69(5)97(70(6)54-65)81-31-23-27-77(61-81)89-35-13-17-39-93(89)102(94-40-18-14-36-90(94)78-28-24-32-82(62-78)98-71(7)55-66(2)56-72(98)8)87-47-43-85(44-48-87)101(51-21-22-52-101)86-45-49-88(50-46-86)103(95-41-19-15-37-91(95)79-29-25-33-83(63-79)99-73(9)57-67(3)58-74(99)10)96-42-20-16-38-92(96)80-30-26-34-84(64-80)100-75(11)59-68(4)60-76(100)12/h13-20,23-50,53-64H,21-22,51-52H2,1-12H3. The number of hydrogen-bond donors (Lipinski definition) is 0. The summed E-state index contributed by atoms with van der Waals surface area (Å²) in [6.07, 6.45) is 4.45. The quantitative estimate of drug-likeness (QED) is 0.0951. The zero-order chi connectivity index (χ0) is 71.2. The first-order valence-electron chi connectivity index (χ1n) is 36.9. The van der Waals surface area contributed by atoms with Gasteiger partial charge in [-0.05, 0) is 291 Å². The fourth-order valence-electron chi connectivity index (χ4n) is 18.0. The molecule has 2 heteroatoms. The van der Waals surface area contributed by atoms with Crippen LogP contribution in [0.4, 0.5) is 34.1 Å². The van der Waals surface area contributed by atoms with Crippen LogP contribution in [-0.2, 0) is 5.41 Å². The molecule has 0 unspecified atom stereocenters. The summed E-state index contributed by atoms with van der Waals surface area (Å²) in [4.78, 5) is 5.06. The first kappa shape index (κ1) is 67.5. The number of para-hydroxylation sites is 4. The first-order valence-corrected chi connectivity index (χ1v) is 36.9. The van der Waals surface area contributed by atoms with E-state index in [0.29, 0.717) is 0 Å². The van der Waals surface area contributed by atoms with Crippen molar-refractivity contribution >= 4 is 34.1 Å². The van der Waals surface area contributed by atoms with Crippen LogP contribution in [0.25, 0.3) is 89.0 Å². The van der Waals surface area contributed by atoms with Crippen molar-refractivity contribution in [2.75, 3.05) is 9.80 Å². The van der Waals surface area contributed by atoms with Crippen LogP contribution in [-0.4, -0.2) is 0 Å². The highest BCUT2D eigenvalue weighted by atomic mass is 15.2. The van der Waals surface area contributed by atoms with Gasteiger partial charge in [0.1, 0.15) is 0 Å². The molecule has 0 heterocycles. The summed E-state index contributed by atoms with van der Waals surface area (Å²) in [7, 11) is 0. The molecule has 0 N–H and O–H groups in total. The monoisotopic (exact) mass is 1330 g/mol. The fraction of sp³-hybridized carbons (Fsp3) is 0.168. The second-order valence-corrected chi connectivity index (χ2v) is 29.5. The van der Waals surface area contributed by atoms with Gasteiger partial charge in [0.25, 0.3) is 0 Å². The minimum Gasteiger partial charge on any atom is -0.309 e. The van der Waals surface area contributed by atoms with E-state index in [4.69, 9.17) is 0 Å². The van der Waals surface area contributed by atoms with Crippen molar-refractivity contribution in [3.63, 3.8) is 0 Å².